The van der Waals surface area contributed by atoms with Gasteiger partial charge in [-0.05, 0) is 55.5 Å². The third-order valence-corrected chi connectivity index (χ3v) is 4.04. The highest BCUT2D eigenvalue weighted by molar-refractivity contribution is 6.04. The Hall–Kier alpha value is -4.00. The van der Waals surface area contributed by atoms with Gasteiger partial charge < -0.3 is 15.1 Å². The minimum absolute atomic E-state index is 0.219. The summed E-state index contributed by atoms with van der Waals surface area (Å²) in [5, 5.41) is 14.0. The molecule has 2 N–H and O–H groups in total. The third kappa shape index (κ3) is 4.04. The molecule has 138 valence electrons. The Morgan fingerprint density at radius 1 is 0.929 bits per heavy atom. The summed E-state index contributed by atoms with van der Waals surface area (Å²) in [7, 11) is 0. The number of amides is 1. The number of hydrogen-bond donors (Lipinski definition) is 2. The van der Waals surface area contributed by atoms with Crippen molar-refractivity contribution in [2.24, 2.45) is 0 Å². The molecule has 7 heteroatoms. The monoisotopic (exact) mass is 371 g/mol. The van der Waals surface area contributed by atoms with Crippen LogP contribution in [0.5, 0.6) is 0 Å². The van der Waals surface area contributed by atoms with Crippen molar-refractivity contribution < 1.29 is 9.21 Å². The van der Waals surface area contributed by atoms with Crippen LogP contribution in [0.2, 0.25) is 0 Å². The van der Waals surface area contributed by atoms with E-state index in [9.17, 15) is 4.79 Å². The molecule has 2 aromatic carbocycles. The van der Waals surface area contributed by atoms with Crippen molar-refractivity contribution in [1.82, 2.24) is 15.2 Å². The van der Waals surface area contributed by atoms with Gasteiger partial charge in [-0.1, -0.05) is 22.8 Å². The second-order valence-corrected chi connectivity index (χ2v) is 6.18. The fourth-order valence-electron chi connectivity index (χ4n) is 2.55. The van der Waals surface area contributed by atoms with Gasteiger partial charge in [-0.15, -0.1) is 5.10 Å². The summed E-state index contributed by atoms with van der Waals surface area (Å²) in [4.78, 5) is 16.1. The first kappa shape index (κ1) is 17.4. The van der Waals surface area contributed by atoms with E-state index in [1.165, 1.54) is 11.8 Å². The Morgan fingerprint density at radius 3 is 2.39 bits per heavy atom. The van der Waals surface area contributed by atoms with Gasteiger partial charge in [0, 0.05) is 29.3 Å². The van der Waals surface area contributed by atoms with Crippen LogP contribution in [0.15, 0.2) is 77.5 Å². The molecule has 4 rings (SSSR count). The van der Waals surface area contributed by atoms with Crippen LogP contribution in [0, 0.1) is 6.92 Å². The number of carbonyl (C=O) groups excluding carboxylic acids is 1. The van der Waals surface area contributed by atoms with E-state index in [1.54, 1.807) is 30.5 Å². The minimum atomic E-state index is -0.219. The Morgan fingerprint density at radius 2 is 1.68 bits per heavy atom. The first-order valence-corrected chi connectivity index (χ1v) is 8.66. The highest BCUT2D eigenvalue weighted by atomic mass is 16.4. The lowest BCUT2D eigenvalue weighted by Gasteiger charge is -2.05. The van der Waals surface area contributed by atoms with Gasteiger partial charge in [-0.3, -0.25) is 9.78 Å². The lowest BCUT2D eigenvalue weighted by molar-refractivity contribution is 0.102. The molecule has 0 aliphatic rings. The number of aromatic nitrogens is 3. The molecule has 4 aromatic rings. The first-order valence-electron chi connectivity index (χ1n) is 8.66. The summed E-state index contributed by atoms with van der Waals surface area (Å²) in [6.07, 6.45) is 3.14. The molecule has 0 radical (unpaired) electrons. The molecule has 0 saturated heterocycles. The highest BCUT2D eigenvalue weighted by Crippen LogP contribution is 2.24. The molecule has 1 amide bonds. The summed E-state index contributed by atoms with van der Waals surface area (Å²) in [6, 6.07) is 18.8. The molecule has 2 heterocycles. The summed E-state index contributed by atoms with van der Waals surface area (Å²) < 4.78 is 5.67. The Balaban J connectivity index is 1.43. The van der Waals surface area contributed by atoms with Crippen molar-refractivity contribution in [1.29, 1.82) is 0 Å². The van der Waals surface area contributed by atoms with Crippen molar-refractivity contribution in [3.8, 4) is 11.5 Å². The largest absolute Gasteiger partial charge is 0.403 e. The van der Waals surface area contributed by atoms with Gasteiger partial charge >= 0.3 is 6.01 Å². The van der Waals surface area contributed by atoms with Crippen molar-refractivity contribution in [2.45, 2.75) is 6.92 Å². The van der Waals surface area contributed by atoms with E-state index >= 15 is 0 Å². The molecule has 0 aliphatic heterocycles. The summed E-state index contributed by atoms with van der Waals surface area (Å²) in [6.45, 7) is 2.03. The molecule has 0 spiro atoms. The smallest absolute Gasteiger partial charge is 0.320 e. The Labute approximate surface area is 161 Å². The van der Waals surface area contributed by atoms with E-state index in [0.717, 1.165) is 11.3 Å². The predicted octanol–water partition coefficient (Wildman–Crippen LogP) is 4.44. The van der Waals surface area contributed by atoms with E-state index in [0.29, 0.717) is 23.2 Å². The maximum absolute atomic E-state index is 12.2. The molecule has 0 fully saturated rings. The molecule has 0 unspecified atom stereocenters. The maximum Gasteiger partial charge on any atom is 0.320 e. The van der Waals surface area contributed by atoms with E-state index < -0.39 is 0 Å². The van der Waals surface area contributed by atoms with Crippen molar-refractivity contribution in [2.75, 3.05) is 10.6 Å². The van der Waals surface area contributed by atoms with Crippen LogP contribution in [0.3, 0.4) is 0 Å². The fraction of sp³-hybridized carbons (Fsp3) is 0.0476. The number of anilines is 3. The molecular formula is C21H17N5O2. The molecule has 0 saturated carbocycles. The topological polar surface area (TPSA) is 92.9 Å². The van der Waals surface area contributed by atoms with Crippen molar-refractivity contribution in [3.05, 3.63) is 84.2 Å². The molecule has 0 atom stereocenters. The third-order valence-electron chi connectivity index (χ3n) is 4.04. The molecular weight excluding hydrogens is 354 g/mol. The molecule has 2 aromatic heterocycles. The van der Waals surface area contributed by atoms with Crippen LogP contribution in [0.1, 0.15) is 15.9 Å². The van der Waals surface area contributed by atoms with Crippen molar-refractivity contribution >= 4 is 23.3 Å². The SMILES string of the molecule is Cc1ccc(Nc2nnc(-c3ccc(NC(=O)c4cccnc4)cc3)o2)cc1. The van der Waals surface area contributed by atoms with Crippen LogP contribution < -0.4 is 10.6 Å². The number of benzene rings is 2. The first-order chi connectivity index (χ1) is 13.7. The molecule has 28 heavy (non-hydrogen) atoms. The summed E-state index contributed by atoms with van der Waals surface area (Å²) in [5.41, 5.74) is 3.95. The van der Waals surface area contributed by atoms with Gasteiger partial charge in [0.05, 0.1) is 5.56 Å². The minimum Gasteiger partial charge on any atom is -0.403 e. The van der Waals surface area contributed by atoms with Crippen LogP contribution in [0.25, 0.3) is 11.5 Å². The molecule has 7 nitrogen and oxygen atoms in total. The van der Waals surface area contributed by atoms with Crippen LogP contribution >= 0.6 is 0 Å². The van der Waals surface area contributed by atoms with Crippen LogP contribution in [-0.2, 0) is 0 Å². The highest BCUT2D eigenvalue weighted by Gasteiger charge is 2.10. The van der Waals surface area contributed by atoms with Gasteiger partial charge in [0.25, 0.3) is 5.91 Å². The van der Waals surface area contributed by atoms with E-state index in [4.69, 9.17) is 4.42 Å². The standard InChI is InChI=1S/C21H17N5O2/c1-14-4-8-18(9-5-14)24-21-26-25-20(28-21)15-6-10-17(11-7-15)23-19(27)16-3-2-12-22-13-16/h2-13H,1H3,(H,23,27)(H,24,26). The number of carbonyl (C=O) groups is 1. The Bertz CT molecular complexity index is 1070. The lowest BCUT2D eigenvalue weighted by atomic mass is 10.2. The molecule has 0 aliphatic carbocycles. The van der Waals surface area contributed by atoms with Crippen LogP contribution in [0.4, 0.5) is 17.4 Å². The van der Waals surface area contributed by atoms with Crippen LogP contribution in [-0.4, -0.2) is 21.1 Å². The van der Waals surface area contributed by atoms with Gasteiger partial charge in [0.2, 0.25) is 5.89 Å². The van der Waals surface area contributed by atoms with Crippen molar-refractivity contribution in [3.63, 3.8) is 0 Å². The van der Waals surface area contributed by atoms with Gasteiger partial charge in [-0.25, -0.2) is 0 Å². The van der Waals surface area contributed by atoms with Gasteiger partial charge in [0.1, 0.15) is 0 Å². The number of aryl methyl sites for hydroxylation is 1. The lowest BCUT2D eigenvalue weighted by Crippen LogP contribution is -2.11. The average Bonchev–Trinajstić information content (AvgIpc) is 3.19. The van der Waals surface area contributed by atoms with E-state index in [1.807, 2.05) is 43.3 Å². The molecule has 0 bridgehead atoms. The number of nitrogens with one attached hydrogen (secondary N) is 2. The fourth-order valence-corrected chi connectivity index (χ4v) is 2.55. The average molecular weight is 371 g/mol. The predicted molar refractivity (Wildman–Crippen MR) is 106 cm³/mol. The zero-order chi connectivity index (χ0) is 19.3. The number of pyridine rings is 1. The number of nitrogens with zero attached hydrogens (tertiary/aromatic N) is 3. The quantitative estimate of drug-likeness (QED) is 0.539. The summed E-state index contributed by atoms with van der Waals surface area (Å²) >= 11 is 0. The normalized spacial score (nSPS) is 10.5. The zero-order valence-electron chi connectivity index (χ0n) is 15.1. The van der Waals surface area contributed by atoms with Gasteiger partial charge in [-0.2, -0.15) is 0 Å². The maximum atomic E-state index is 12.2. The number of hydrogen-bond acceptors (Lipinski definition) is 6. The second kappa shape index (κ2) is 7.71. The summed E-state index contributed by atoms with van der Waals surface area (Å²) in [5.74, 6) is 0.169. The van der Waals surface area contributed by atoms with E-state index in [2.05, 4.69) is 25.8 Å². The van der Waals surface area contributed by atoms with Gasteiger partial charge in [0.15, 0.2) is 0 Å². The second-order valence-electron chi connectivity index (χ2n) is 6.18. The zero-order valence-corrected chi connectivity index (χ0v) is 15.1. The Kier molecular flexibility index (Phi) is 4.79. The van der Waals surface area contributed by atoms with E-state index in [-0.39, 0.29) is 5.91 Å². The number of rotatable bonds is 5.